The molecule has 2 aromatic rings. The Kier molecular flexibility index (Phi) is 6.32. The summed E-state index contributed by atoms with van der Waals surface area (Å²) in [7, 11) is -3.60. The smallest absolute Gasteiger partial charge is 0.182 e. The van der Waals surface area contributed by atoms with Crippen LogP contribution in [0.3, 0.4) is 0 Å². The van der Waals surface area contributed by atoms with E-state index in [0.29, 0.717) is 22.7 Å². The first-order valence-electron chi connectivity index (χ1n) is 8.63. The van der Waals surface area contributed by atoms with Gasteiger partial charge in [-0.2, -0.15) is 0 Å². The Morgan fingerprint density at radius 2 is 1.81 bits per heavy atom. The van der Waals surface area contributed by atoms with Gasteiger partial charge >= 0.3 is 0 Å². The molecule has 1 fully saturated rings. The highest BCUT2D eigenvalue weighted by Crippen LogP contribution is 2.29. The SMILES string of the molecule is O=S(=O)(Cc1ccccc1)c1ccc(Cl)cc1C(O)CN1CCNCC1. The summed E-state index contributed by atoms with van der Waals surface area (Å²) < 4.78 is 25.9. The van der Waals surface area contributed by atoms with Gasteiger partial charge in [-0.1, -0.05) is 41.9 Å². The molecular formula is C19H23ClN2O3S. The highest BCUT2D eigenvalue weighted by molar-refractivity contribution is 7.90. The minimum Gasteiger partial charge on any atom is -0.387 e. The van der Waals surface area contributed by atoms with E-state index >= 15 is 0 Å². The van der Waals surface area contributed by atoms with Crippen LogP contribution in [0.4, 0.5) is 0 Å². The van der Waals surface area contributed by atoms with Crippen molar-refractivity contribution in [2.75, 3.05) is 32.7 Å². The molecule has 0 bridgehead atoms. The number of benzene rings is 2. The topological polar surface area (TPSA) is 69.6 Å². The number of hydrogen-bond donors (Lipinski definition) is 2. The van der Waals surface area contributed by atoms with E-state index in [4.69, 9.17) is 11.6 Å². The molecule has 1 unspecified atom stereocenters. The maximum atomic E-state index is 13.0. The molecule has 7 heteroatoms. The second kappa shape index (κ2) is 8.50. The summed E-state index contributed by atoms with van der Waals surface area (Å²) in [4.78, 5) is 2.27. The molecule has 1 heterocycles. The van der Waals surface area contributed by atoms with Gasteiger partial charge in [0.1, 0.15) is 0 Å². The maximum absolute atomic E-state index is 13.0. The van der Waals surface area contributed by atoms with Gasteiger partial charge < -0.3 is 10.4 Å². The lowest BCUT2D eigenvalue weighted by Gasteiger charge is -2.29. The van der Waals surface area contributed by atoms with E-state index in [1.807, 2.05) is 18.2 Å². The van der Waals surface area contributed by atoms with Gasteiger partial charge in [0.05, 0.1) is 16.8 Å². The van der Waals surface area contributed by atoms with Crippen LogP contribution in [0.2, 0.25) is 5.02 Å². The number of aliphatic hydroxyl groups excluding tert-OH is 1. The second-order valence-electron chi connectivity index (χ2n) is 6.49. The van der Waals surface area contributed by atoms with Gasteiger partial charge in [-0.05, 0) is 23.8 Å². The van der Waals surface area contributed by atoms with Crippen LogP contribution in [0, 0.1) is 0 Å². The summed E-state index contributed by atoms with van der Waals surface area (Å²) in [6.07, 6.45) is -0.910. The van der Waals surface area contributed by atoms with E-state index in [0.717, 1.165) is 26.2 Å². The van der Waals surface area contributed by atoms with Crippen LogP contribution in [0.15, 0.2) is 53.4 Å². The largest absolute Gasteiger partial charge is 0.387 e. The van der Waals surface area contributed by atoms with Crippen LogP contribution >= 0.6 is 11.6 Å². The Morgan fingerprint density at radius 1 is 1.12 bits per heavy atom. The van der Waals surface area contributed by atoms with Gasteiger partial charge in [-0.25, -0.2) is 8.42 Å². The first-order chi connectivity index (χ1) is 12.5. The number of sulfone groups is 1. The van der Waals surface area contributed by atoms with Crippen LogP contribution < -0.4 is 5.32 Å². The van der Waals surface area contributed by atoms with Crippen molar-refractivity contribution in [1.82, 2.24) is 10.2 Å². The van der Waals surface area contributed by atoms with Crippen LogP contribution in [0.25, 0.3) is 0 Å². The Hall–Kier alpha value is -1.44. The molecule has 1 aliphatic heterocycles. The number of hydrogen-bond acceptors (Lipinski definition) is 5. The van der Waals surface area contributed by atoms with E-state index in [9.17, 15) is 13.5 Å². The van der Waals surface area contributed by atoms with Crippen molar-refractivity contribution in [3.05, 3.63) is 64.7 Å². The van der Waals surface area contributed by atoms with Crippen molar-refractivity contribution >= 4 is 21.4 Å². The zero-order valence-electron chi connectivity index (χ0n) is 14.4. The lowest BCUT2D eigenvalue weighted by Crippen LogP contribution is -2.45. The predicted molar refractivity (Wildman–Crippen MR) is 103 cm³/mol. The molecule has 140 valence electrons. The van der Waals surface area contributed by atoms with Crippen molar-refractivity contribution in [3.63, 3.8) is 0 Å². The minimum atomic E-state index is -3.60. The number of aliphatic hydroxyl groups is 1. The van der Waals surface area contributed by atoms with Crippen molar-refractivity contribution in [3.8, 4) is 0 Å². The Labute approximate surface area is 159 Å². The summed E-state index contributed by atoms with van der Waals surface area (Å²) in [5, 5.41) is 14.4. The zero-order valence-corrected chi connectivity index (χ0v) is 16.0. The number of rotatable bonds is 6. The normalized spacial score (nSPS) is 17.2. The van der Waals surface area contributed by atoms with E-state index in [-0.39, 0.29) is 10.6 Å². The second-order valence-corrected chi connectivity index (χ2v) is 8.89. The van der Waals surface area contributed by atoms with Crippen molar-refractivity contribution in [2.24, 2.45) is 0 Å². The fourth-order valence-electron chi connectivity index (χ4n) is 3.17. The monoisotopic (exact) mass is 394 g/mol. The molecule has 2 N–H and O–H groups in total. The third kappa shape index (κ3) is 4.84. The molecule has 1 saturated heterocycles. The predicted octanol–water partition coefficient (Wildman–Crippen LogP) is 2.25. The molecule has 3 rings (SSSR count). The molecular weight excluding hydrogens is 372 g/mol. The van der Waals surface area contributed by atoms with Gasteiger partial charge in [-0.15, -0.1) is 0 Å². The number of nitrogens with one attached hydrogen (secondary N) is 1. The van der Waals surface area contributed by atoms with Crippen molar-refractivity contribution in [2.45, 2.75) is 16.8 Å². The molecule has 2 aromatic carbocycles. The Balaban J connectivity index is 1.87. The third-order valence-corrected chi connectivity index (χ3v) is 6.50. The van der Waals surface area contributed by atoms with Crippen molar-refractivity contribution in [1.29, 1.82) is 0 Å². The van der Waals surface area contributed by atoms with Crippen LogP contribution in [-0.4, -0.2) is 51.1 Å². The maximum Gasteiger partial charge on any atom is 0.182 e. The fraction of sp³-hybridized carbons (Fsp3) is 0.368. The molecule has 1 aliphatic rings. The van der Waals surface area contributed by atoms with Gasteiger partial charge in [0, 0.05) is 43.3 Å². The number of nitrogens with zero attached hydrogens (tertiary/aromatic N) is 1. The molecule has 5 nitrogen and oxygen atoms in total. The Bertz CT molecular complexity index is 837. The quantitative estimate of drug-likeness (QED) is 0.786. The molecule has 26 heavy (non-hydrogen) atoms. The molecule has 0 aromatic heterocycles. The van der Waals surface area contributed by atoms with Gasteiger partial charge in [0.15, 0.2) is 9.84 Å². The van der Waals surface area contributed by atoms with Crippen LogP contribution in [0.5, 0.6) is 0 Å². The summed E-state index contributed by atoms with van der Waals surface area (Å²) in [5.74, 6) is -0.108. The third-order valence-electron chi connectivity index (χ3n) is 4.51. The van der Waals surface area contributed by atoms with E-state index in [1.165, 1.54) is 6.07 Å². The molecule has 0 aliphatic carbocycles. The summed E-state index contributed by atoms with van der Waals surface area (Å²) in [6.45, 7) is 3.76. The average molecular weight is 395 g/mol. The molecule has 1 atom stereocenters. The van der Waals surface area contributed by atoms with E-state index < -0.39 is 15.9 Å². The number of halogens is 1. The van der Waals surface area contributed by atoms with Crippen LogP contribution in [-0.2, 0) is 15.6 Å². The van der Waals surface area contributed by atoms with Gasteiger partial charge in [0.2, 0.25) is 0 Å². The van der Waals surface area contributed by atoms with E-state index in [1.54, 1.807) is 24.3 Å². The summed E-state index contributed by atoms with van der Waals surface area (Å²) in [6, 6.07) is 13.7. The fourth-order valence-corrected chi connectivity index (χ4v) is 4.97. The molecule has 0 saturated carbocycles. The standard InChI is InChI=1S/C19H23ClN2O3S/c20-16-6-7-19(26(24,25)14-15-4-2-1-3-5-15)17(12-16)18(23)13-22-10-8-21-9-11-22/h1-7,12,18,21,23H,8-11,13-14H2. The summed E-state index contributed by atoms with van der Waals surface area (Å²) in [5.41, 5.74) is 1.08. The summed E-state index contributed by atoms with van der Waals surface area (Å²) >= 11 is 6.08. The first kappa shape index (κ1) is 19.3. The highest BCUT2D eigenvalue weighted by atomic mass is 35.5. The number of piperazine rings is 1. The molecule has 0 amide bonds. The zero-order chi connectivity index (χ0) is 18.6. The van der Waals surface area contributed by atoms with Gasteiger partial charge in [-0.3, -0.25) is 4.90 Å². The van der Waals surface area contributed by atoms with Crippen molar-refractivity contribution < 1.29 is 13.5 Å². The van der Waals surface area contributed by atoms with E-state index in [2.05, 4.69) is 10.2 Å². The lowest BCUT2D eigenvalue weighted by molar-refractivity contribution is 0.103. The minimum absolute atomic E-state index is 0.108. The van der Waals surface area contributed by atoms with Crippen LogP contribution in [0.1, 0.15) is 17.2 Å². The first-order valence-corrected chi connectivity index (χ1v) is 10.7. The molecule has 0 radical (unpaired) electrons. The average Bonchev–Trinajstić information content (AvgIpc) is 2.62. The lowest BCUT2D eigenvalue weighted by atomic mass is 10.1. The Morgan fingerprint density at radius 3 is 2.50 bits per heavy atom. The number of β-amino-alcohol motifs (C(OH)–C–C–N with tert-alkyl or cyclic N) is 1. The highest BCUT2D eigenvalue weighted by Gasteiger charge is 2.25. The molecule has 0 spiro atoms. The van der Waals surface area contributed by atoms with Gasteiger partial charge in [0.25, 0.3) is 0 Å².